The number of carbonyl (C=O) groups excluding carboxylic acids is 1. The number of halogens is 3. The van der Waals surface area contributed by atoms with Crippen molar-refractivity contribution in [1.29, 1.82) is 0 Å². The Bertz CT molecular complexity index is 1190. The number of alkyl halides is 3. The van der Waals surface area contributed by atoms with Crippen molar-refractivity contribution >= 4 is 23.1 Å². The van der Waals surface area contributed by atoms with Gasteiger partial charge in [0.05, 0.1) is 35.9 Å². The molecule has 4 heterocycles. The Hall–Kier alpha value is -3.54. The first-order valence-corrected chi connectivity index (χ1v) is 10.6. The molecule has 34 heavy (non-hydrogen) atoms. The van der Waals surface area contributed by atoms with Crippen LogP contribution in [-0.4, -0.2) is 47.0 Å². The summed E-state index contributed by atoms with van der Waals surface area (Å²) in [5.41, 5.74) is 2.95. The van der Waals surface area contributed by atoms with Crippen molar-refractivity contribution in [3.05, 3.63) is 53.4 Å². The fourth-order valence-electron chi connectivity index (χ4n) is 3.91. The van der Waals surface area contributed by atoms with E-state index in [0.29, 0.717) is 23.7 Å². The zero-order chi connectivity index (χ0) is 24.6. The number of rotatable bonds is 7. The second-order valence-electron chi connectivity index (χ2n) is 8.14. The highest BCUT2D eigenvalue weighted by Crippen LogP contribution is 2.36. The van der Waals surface area contributed by atoms with Crippen LogP contribution in [0.4, 0.5) is 30.4 Å². The molecule has 1 unspecified atom stereocenters. The van der Waals surface area contributed by atoms with Crippen LogP contribution in [0, 0.1) is 6.92 Å². The van der Waals surface area contributed by atoms with E-state index in [9.17, 15) is 18.0 Å². The maximum Gasteiger partial charge on any atom is 0.449 e. The predicted octanol–water partition coefficient (Wildman–Crippen LogP) is 3.65. The lowest BCUT2D eigenvalue weighted by Crippen LogP contribution is -2.52. The van der Waals surface area contributed by atoms with Crippen LogP contribution in [0.5, 0.6) is 0 Å². The standard InChI is InChI=1S/C22H25F3N6O3/c1-12-19-16(30(3)20(13(2)33-4)21(32)29-19)7-18(28-12)26-8-14-9-27-31(10-14)11-15-5-6-17(34-15)22(23,24)25/h5-7,9-10,13,20H,8,11H2,1-4H3,(H,26,28)(H,29,32)/t13-,20?/m1/s1. The van der Waals surface area contributed by atoms with Crippen molar-refractivity contribution in [2.45, 2.75) is 45.3 Å². The molecule has 0 fully saturated rings. The van der Waals surface area contributed by atoms with Gasteiger partial charge >= 0.3 is 6.18 Å². The number of methoxy groups -OCH3 is 1. The number of hydrogen-bond acceptors (Lipinski definition) is 7. The summed E-state index contributed by atoms with van der Waals surface area (Å²) in [4.78, 5) is 19.0. The lowest BCUT2D eigenvalue weighted by Gasteiger charge is -2.38. The van der Waals surface area contributed by atoms with Crippen LogP contribution in [0.3, 0.4) is 0 Å². The highest BCUT2D eigenvalue weighted by Gasteiger charge is 2.36. The summed E-state index contributed by atoms with van der Waals surface area (Å²) in [6.45, 7) is 4.12. The van der Waals surface area contributed by atoms with Crippen LogP contribution in [0.2, 0.25) is 0 Å². The highest BCUT2D eigenvalue weighted by molar-refractivity contribution is 6.04. The number of nitrogens with one attached hydrogen (secondary N) is 2. The minimum Gasteiger partial charge on any atom is -0.455 e. The molecule has 0 aromatic carbocycles. The van der Waals surface area contributed by atoms with E-state index in [1.165, 1.54) is 10.7 Å². The molecule has 0 spiro atoms. The van der Waals surface area contributed by atoms with Crippen molar-refractivity contribution in [2.75, 3.05) is 29.7 Å². The van der Waals surface area contributed by atoms with Crippen molar-refractivity contribution in [1.82, 2.24) is 14.8 Å². The van der Waals surface area contributed by atoms with Crippen LogP contribution < -0.4 is 15.5 Å². The van der Waals surface area contributed by atoms with Gasteiger partial charge in [0.2, 0.25) is 11.7 Å². The van der Waals surface area contributed by atoms with E-state index in [0.717, 1.165) is 17.3 Å². The molecule has 4 rings (SSSR count). The quantitative estimate of drug-likeness (QED) is 0.535. The highest BCUT2D eigenvalue weighted by atomic mass is 19.4. The normalized spacial score (nSPS) is 16.9. The van der Waals surface area contributed by atoms with Gasteiger partial charge in [-0.25, -0.2) is 4.98 Å². The number of hydrogen-bond donors (Lipinski definition) is 2. The van der Waals surface area contributed by atoms with Crippen molar-refractivity contribution in [3.63, 3.8) is 0 Å². The van der Waals surface area contributed by atoms with Gasteiger partial charge in [-0.15, -0.1) is 0 Å². The van der Waals surface area contributed by atoms with Crippen LogP contribution in [0.1, 0.15) is 29.7 Å². The zero-order valence-corrected chi connectivity index (χ0v) is 19.1. The number of pyridine rings is 1. The number of nitrogens with zero attached hydrogens (tertiary/aromatic N) is 4. The number of anilines is 3. The van der Waals surface area contributed by atoms with Gasteiger partial charge in [0.25, 0.3) is 0 Å². The van der Waals surface area contributed by atoms with E-state index >= 15 is 0 Å². The van der Waals surface area contributed by atoms with Gasteiger partial charge in [-0.3, -0.25) is 9.48 Å². The smallest absolute Gasteiger partial charge is 0.449 e. The number of furan rings is 1. The third kappa shape index (κ3) is 4.72. The Morgan fingerprint density at radius 1 is 1.35 bits per heavy atom. The molecule has 182 valence electrons. The maximum absolute atomic E-state index is 12.7. The predicted molar refractivity (Wildman–Crippen MR) is 119 cm³/mol. The SMILES string of the molecule is CO[C@H](C)C1C(=O)Nc2c(cc(NCc3cnn(Cc4ccc(C(F)(F)F)o4)c3)nc2C)N1C. The molecule has 3 aromatic rings. The van der Waals surface area contributed by atoms with Gasteiger partial charge in [-0.2, -0.15) is 18.3 Å². The molecule has 0 aliphatic carbocycles. The number of amides is 1. The average molecular weight is 478 g/mol. The monoisotopic (exact) mass is 478 g/mol. The molecule has 1 aliphatic rings. The van der Waals surface area contributed by atoms with Crippen LogP contribution >= 0.6 is 0 Å². The summed E-state index contributed by atoms with van der Waals surface area (Å²) in [5, 5.41) is 10.3. The van der Waals surface area contributed by atoms with Crippen LogP contribution in [0.25, 0.3) is 0 Å². The maximum atomic E-state index is 12.7. The Morgan fingerprint density at radius 3 is 2.79 bits per heavy atom. The van der Waals surface area contributed by atoms with E-state index in [2.05, 4.69) is 20.7 Å². The molecule has 9 nitrogen and oxygen atoms in total. The lowest BCUT2D eigenvalue weighted by atomic mass is 10.0. The molecule has 2 N–H and O–H groups in total. The molecular formula is C22H25F3N6O3. The Kier molecular flexibility index (Phi) is 6.26. The molecule has 0 bridgehead atoms. The summed E-state index contributed by atoms with van der Waals surface area (Å²) in [7, 11) is 3.40. The number of ether oxygens (including phenoxy) is 1. The topological polar surface area (TPSA) is 97.5 Å². The van der Waals surface area contributed by atoms with E-state index in [1.807, 2.05) is 31.9 Å². The number of aryl methyl sites for hydroxylation is 1. The fraction of sp³-hybridized carbons (Fsp3) is 0.409. The van der Waals surface area contributed by atoms with E-state index in [-0.39, 0.29) is 24.3 Å². The number of aromatic nitrogens is 3. The zero-order valence-electron chi connectivity index (χ0n) is 19.1. The van der Waals surface area contributed by atoms with Crippen molar-refractivity contribution in [3.8, 4) is 0 Å². The molecule has 3 aromatic heterocycles. The second-order valence-corrected chi connectivity index (χ2v) is 8.14. The van der Waals surface area contributed by atoms with Crippen molar-refractivity contribution in [2.24, 2.45) is 0 Å². The number of likely N-dealkylation sites (N-methyl/N-ethyl adjacent to an activating group) is 1. The first-order chi connectivity index (χ1) is 16.1. The largest absolute Gasteiger partial charge is 0.455 e. The van der Waals surface area contributed by atoms with Crippen LogP contribution in [0.15, 0.2) is 35.0 Å². The molecule has 2 atom stereocenters. The van der Waals surface area contributed by atoms with Gasteiger partial charge in [0, 0.05) is 38.5 Å². The third-order valence-corrected chi connectivity index (χ3v) is 5.73. The summed E-state index contributed by atoms with van der Waals surface area (Å²) >= 11 is 0. The van der Waals surface area contributed by atoms with Gasteiger partial charge in [0.1, 0.15) is 17.6 Å². The summed E-state index contributed by atoms with van der Waals surface area (Å²) in [6, 6.07) is 3.56. The van der Waals surface area contributed by atoms with E-state index in [1.54, 1.807) is 19.5 Å². The Labute approximate surface area is 193 Å². The minimum absolute atomic E-state index is 0.0792. The van der Waals surface area contributed by atoms with Gasteiger partial charge < -0.3 is 24.7 Å². The molecule has 0 radical (unpaired) electrons. The van der Waals surface area contributed by atoms with E-state index < -0.39 is 18.0 Å². The molecule has 0 saturated carbocycles. The lowest BCUT2D eigenvalue weighted by molar-refractivity contribution is -0.153. The van der Waals surface area contributed by atoms with Crippen LogP contribution in [-0.2, 0) is 28.8 Å². The molecule has 1 amide bonds. The number of carbonyl (C=O) groups is 1. The first-order valence-electron chi connectivity index (χ1n) is 10.6. The third-order valence-electron chi connectivity index (χ3n) is 5.73. The molecule has 12 heteroatoms. The fourth-order valence-corrected chi connectivity index (χ4v) is 3.91. The van der Waals surface area contributed by atoms with Gasteiger partial charge in [-0.05, 0) is 26.0 Å². The minimum atomic E-state index is -4.52. The molecular weight excluding hydrogens is 453 g/mol. The average Bonchev–Trinajstić information content (AvgIpc) is 3.43. The van der Waals surface area contributed by atoms with Crippen molar-refractivity contribution < 1.29 is 27.1 Å². The Balaban J connectivity index is 1.44. The summed E-state index contributed by atoms with van der Waals surface area (Å²) in [5.74, 6) is -0.418. The molecule has 1 aliphatic heterocycles. The number of fused-ring (bicyclic) bond motifs is 1. The van der Waals surface area contributed by atoms with Gasteiger partial charge in [-0.1, -0.05) is 0 Å². The van der Waals surface area contributed by atoms with E-state index in [4.69, 9.17) is 9.15 Å². The molecule has 0 saturated heterocycles. The second kappa shape index (κ2) is 9.01. The Morgan fingerprint density at radius 2 is 2.12 bits per heavy atom. The summed E-state index contributed by atoms with van der Waals surface area (Å²) in [6.07, 6.45) is -1.49. The van der Waals surface area contributed by atoms with Gasteiger partial charge in [0.15, 0.2) is 0 Å². The first kappa shape index (κ1) is 23.6. The summed E-state index contributed by atoms with van der Waals surface area (Å²) < 4.78 is 49.8.